The molecule has 2 atom stereocenters. The molecule has 2 N–H and O–H groups in total. The molecule has 126 valence electrons. The molecule has 6 nitrogen and oxygen atoms in total. The monoisotopic (exact) mass is 320 g/mol. The standard InChI is InChI=1S/C17H24N2O4/c1-12(14-5-3-4-6-15(14)22-2)9-17(21)19-7-8-23-11-13(19)10-16(18)20/h3-6,12-13H,7-11H2,1-2H3,(H2,18,20)/t12-,13-/m1/s1. The summed E-state index contributed by atoms with van der Waals surface area (Å²) in [6.45, 7) is 3.34. The van der Waals surface area contributed by atoms with Crippen LogP contribution in [0.4, 0.5) is 0 Å². The number of benzene rings is 1. The Bertz CT molecular complexity index is 561. The summed E-state index contributed by atoms with van der Waals surface area (Å²) >= 11 is 0. The first-order chi connectivity index (χ1) is 11.0. The zero-order valence-corrected chi connectivity index (χ0v) is 13.7. The zero-order valence-electron chi connectivity index (χ0n) is 13.7. The second kappa shape index (κ2) is 7.97. The molecule has 1 saturated heterocycles. The van der Waals surface area contributed by atoms with E-state index in [2.05, 4.69) is 0 Å². The lowest BCUT2D eigenvalue weighted by Gasteiger charge is -2.35. The Balaban J connectivity index is 2.05. The van der Waals surface area contributed by atoms with E-state index in [1.807, 2.05) is 31.2 Å². The first-order valence-electron chi connectivity index (χ1n) is 7.81. The van der Waals surface area contributed by atoms with Crippen molar-refractivity contribution < 1.29 is 19.1 Å². The Kier molecular flexibility index (Phi) is 5.98. The van der Waals surface area contributed by atoms with Crippen LogP contribution in [0.3, 0.4) is 0 Å². The zero-order chi connectivity index (χ0) is 16.8. The molecule has 0 spiro atoms. The number of ether oxygens (including phenoxy) is 2. The second-order valence-corrected chi connectivity index (χ2v) is 5.83. The highest BCUT2D eigenvalue weighted by atomic mass is 16.5. The maximum absolute atomic E-state index is 12.7. The first kappa shape index (κ1) is 17.3. The average Bonchev–Trinajstić information content (AvgIpc) is 2.54. The van der Waals surface area contributed by atoms with Crippen molar-refractivity contribution >= 4 is 11.8 Å². The Labute approximate surface area is 136 Å². The van der Waals surface area contributed by atoms with Gasteiger partial charge in [-0.05, 0) is 17.5 Å². The fourth-order valence-corrected chi connectivity index (χ4v) is 2.95. The highest BCUT2D eigenvalue weighted by Gasteiger charge is 2.29. The minimum atomic E-state index is -0.420. The smallest absolute Gasteiger partial charge is 0.223 e. The molecule has 2 rings (SSSR count). The van der Waals surface area contributed by atoms with Gasteiger partial charge < -0.3 is 20.1 Å². The summed E-state index contributed by atoms with van der Waals surface area (Å²) in [6, 6.07) is 7.43. The summed E-state index contributed by atoms with van der Waals surface area (Å²) in [6.07, 6.45) is 0.490. The topological polar surface area (TPSA) is 81.9 Å². The minimum absolute atomic E-state index is 0.0120. The van der Waals surface area contributed by atoms with Gasteiger partial charge in [-0.2, -0.15) is 0 Å². The molecule has 0 bridgehead atoms. The normalized spacial score (nSPS) is 19.2. The summed E-state index contributed by atoms with van der Waals surface area (Å²) in [5, 5.41) is 0. The number of amides is 2. The van der Waals surface area contributed by atoms with Gasteiger partial charge in [0.05, 0.1) is 26.4 Å². The molecular weight excluding hydrogens is 296 g/mol. The van der Waals surface area contributed by atoms with Crippen LogP contribution < -0.4 is 10.5 Å². The summed E-state index contributed by atoms with van der Waals surface area (Å²) in [7, 11) is 1.62. The van der Waals surface area contributed by atoms with Crippen molar-refractivity contribution in [3.05, 3.63) is 29.8 Å². The number of morpholine rings is 1. The number of carbonyl (C=O) groups excluding carboxylic acids is 2. The van der Waals surface area contributed by atoms with E-state index < -0.39 is 5.91 Å². The molecule has 1 aliphatic heterocycles. The fraction of sp³-hybridized carbons (Fsp3) is 0.529. The fourth-order valence-electron chi connectivity index (χ4n) is 2.95. The van der Waals surface area contributed by atoms with Crippen LogP contribution in [-0.2, 0) is 14.3 Å². The number of carbonyl (C=O) groups is 2. The molecule has 0 saturated carbocycles. The van der Waals surface area contributed by atoms with Crippen molar-refractivity contribution in [3.63, 3.8) is 0 Å². The van der Waals surface area contributed by atoms with Gasteiger partial charge in [0.15, 0.2) is 0 Å². The number of hydrogen-bond donors (Lipinski definition) is 1. The van der Waals surface area contributed by atoms with Crippen molar-refractivity contribution in [3.8, 4) is 5.75 Å². The van der Waals surface area contributed by atoms with E-state index in [0.29, 0.717) is 26.2 Å². The van der Waals surface area contributed by atoms with E-state index in [-0.39, 0.29) is 24.3 Å². The third-order valence-electron chi connectivity index (χ3n) is 4.14. The molecule has 1 heterocycles. The van der Waals surface area contributed by atoms with Gasteiger partial charge in [0.25, 0.3) is 0 Å². The Morgan fingerprint density at radius 3 is 2.87 bits per heavy atom. The van der Waals surface area contributed by atoms with Crippen LogP contribution in [0.15, 0.2) is 24.3 Å². The van der Waals surface area contributed by atoms with E-state index in [1.54, 1.807) is 12.0 Å². The Morgan fingerprint density at radius 1 is 1.43 bits per heavy atom. The van der Waals surface area contributed by atoms with E-state index in [0.717, 1.165) is 11.3 Å². The molecular formula is C17H24N2O4. The van der Waals surface area contributed by atoms with Crippen molar-refractivity contribution in [2.45, 2.75) is 31.7 Å². The number of methoxy groups -OCH3 is 1. The molecule has 2 amide bonds. The summed E-state index contributed by atoms with van der Waals surface area (Å²) < 4.78 is 10.7. The lowest BCUT2D eigenvalue weighted by molar-refractivity contribution is -0.141. The number of nitrogens with two attached hydrogens (primary N) is 1. The molecule has 23 heavy (non-hydrogen) atoms. The lowest BCUT2D eigenvalue weighted by atomic mass is 9.95. The van der Waals surface area contributed by atoms with Crippen LogP contribution in [0.25, 0.3) is 0 Å². The van der Waals surface area contributed by atoms with Crippen LogP contribution in [0.5, 0.6) is 5.75 Å². The second-order valence-electron chi connectivity index (χ2n) is 5.83. The van der Waals surface area contributed by atoms with E-state index in [9.17, 15) is 9.59 Å². The van der Waals surface area contributed by atoms with Crippen LogP contribution in [0.1, 0.15) is 31.2 Å². The number of nitrogens with zero attached hydrogens (tertiary/aromatic N) is 1. The molecule has 0 aromatic heterocycles. The molecule has 1 aromatic carbocycles. The van der Waals surface area contributed by atoms with Gasteiger partial charge in [0.2, 0.25) is 11.8 Å². The Morgan fingerprint density at radius 2 is 2.17 bits per heavy atom. The van der Waals surface area contributed by atoms with Gasteiger partial charge in [-0.15, -0.1) is 0 Å². The number of para-hydroxylation sites is 1. The molecule has 1 fully saturated rings. The molecule has 6 heteroatoms. The van der Waals surface area contributed by atoms with Crippen molar-refractivity contribution in [2.75, 3.05) is 26.9 Å². The van der Waals surface area contributed by atoms with Gasteiger partial charge >= 0.3 is 0 Å². The van der Waals surface area contributed by atoms with Gasteiger partial charge in [-0.1, -0.05) is 25.1 Å². The molecule has 0 unspecified atom stereocenters. The lowest BCUT2D eigenvalue weighted by Crippen LogP contribution is -2.50. The van der Waals surface area contributed by atoms with Crippen molar-refractivity contribution in [2.24, 2.45) is 5.73 Å². The van der Waals surface area contributed by atoms with Crippen LogP contribution in [0, 0.1) is 0 Å². The third-order valence-corrected chi connectivity index (χ3v) is 4.14. The van der Waals surface area contributed by atoms with Gasteiger partial charge in [0.1, 0.15) is 5.75 Å². The van der Waals surface area contributed by atoms with Crippen molar-refractivity contribution in [1.82, 2.24) is 4.90 Å². The predicted molar refractivity (Wildman–Crippen MR) is 86.2 cm³/mol. The van der Waals surface area contributed by atoms with E-state index in [4.69, 9.17) is 15.2 Å². The number of primary amides is 1. The van der Waals surface area contributed by atoms with E-state index >= 15 is 0 Å². The maximum atomic E-state index is 12.7. The third kappa shape index (κ3) is 4.45. The minimum Gasteiger partial charge on any atom is -0.496 e. The van der Waals surface area contributed by atoms with Crippen LogP contribution >= 0.6 is 0 Å². The number of hydrogen-bond acceptors (Lipinski definition) is 4. The number of rotatable bonds is 6. The molecule has 0 radical (unpaired) electrons. The molecule has 0 aliphatic carbocycles. The highest BCUT2D eigenvalue weighted by molar-refractivity contribution is 5.80. The molecule has 1 aliphatic rings. The van der Waals surface area contributed by atoms with Crippen molar-refractivity contribution in [1.29, 1.82) is 0 Å². The average molecular weight is 320 g/mol. The van der Waals surface area contributed by atoms with Gasteiger partial charge in [0, 0.05) is 19.4 Å². The van der Waals surface area contributed by atoms with Crippen LogP contribution in [0.2, 0.25) is 0 Å². The maximum Gasteiger partial charge on any atom is 0.223 e. The largest absolute Gasteiger partial charge is 0.496 e. The van der Waals surface area contributed by atoms with E-state index in [1.165, 1.54) is 0 Å². The SMILES string of the molecule is COc1ccccc1[C@H](C)CC(=O)N1CCOC[C@H]1CC(N)=O. The summed E-state index contributed by atoms with van der Waals surface area (Å²) in [5.74, 6) is 0.396. The predicted octanol–water partition coefficient (Wildman–Crippen LogP) is 1.29. The summed E-state index contributed by atoms with van der Waals surface area (Å²) in [4.78, 5) is 25.5. The molecule has 1 aromatic rings. The highest BCUT2D eigenvalue weighted by Crippen LogP contribution is 2.29. The van der Waals surface area contributed by atoms with Gasteiger partial charge in [-0.3, -0.25) is 9.59 Å². The first-order valence-corrected chi connectivity index (χ1v) is 7.81. The quantitative estimate of drug-likeness (QED) is 0.856. The Hall–Kier alpha value is -2.08. The van der Waals surface area contributed by atoms with Crippen LogP contribution in [-0.4, -0.2) is 49.6 Å². The summed E-state index contributed by atoms with van der Waals surface area (Å²) in [5.41, 5.74) is 6.27. The van der Waals surface area contributed by atoms with Gasteiger partial charge in [-0.25, -0.2) is 0 Å².